The Balaban J connectivity index is 1.49. The van der Waals surface area contributed by atoms with Crippen molar-refractivity contribution >= 4 is 11.8 Å². The molecule has 0 radical (unpaired) electrons. The fourth-order valence-electron chi connectivity index (χ4n) is 4.81. The molecule has 158 valence electrons. The molecule has 4 heterocycles. The Morgan fingerprint density at radius 3 is 2.90 bits per heavy atom. The number of amides is 2. The molecule has 2 saturated heterocycles. The summed E-state index contributed by atoms with van der Waals surface area (Å²) in [4.78, 5) is 41.2. The predicted octanol–water partition coefficient (Wildman–Crippen LogP) is 0.152. The molecule has 0 saturated carbocycles. The SMILES string of the molecule is CCOCC(=O)N1C[C@@H]2C[C@H](C1)c1ccc(CN3CCNC(=O)CC3)c(=O)n1C2. The fourth-order valence-corrected chi connectivity index (χ4v) is 4.81. The van der Waals surface area contributed by atoms with Gasteiger partial charge in [-0.2, -0.15) is 0 Å². The van der Waals surface area contributed by atoms with Crippen LogP contribution in [0.1, 0.15) is 36.9 Å². The van der Waals surface area contributed by atoms with Gasteiger partial charge < -0.3 is 19.5 Å². The molecule has 2 bridgehead atoms. The third-order valence-corrected chi connectivity index (χ3v) is 6.26. The van der Waals surface area contributed by atoms with Gasteiger partial charge in [-0.05, 0) is 25.3 Å². The van der Waals surface area contributed by atoms with Crippen LogP contribution in [0.25, 0.3) is 0 Å². The maximum Gasteiger partial charge on any atom is 0.255 e. The molecule has 8 nitrogen and oxygen atoms in total. The molecular weight excluding hydrogens is 372 g/mol. The van der Waals surface area contributed by atoms with Crippen molar-refractivity contribution in [3.05, 3.63) is 33.7 Å². The van der Waals surface area contributed by atoms with Gasteiger partial charge in [-0.25, -0.2) is 0 Å². The van der Waals surface area contributed by atoms with Crippen molar-refractivity contribution in [1.82, 2.24) is 19.7 Å². The van der Waals surface area contributed by atoms with Crippen LogP contribution in [0.5, 0.6) is 0 Å². The number of fused-ring (bicyclic) bond motifs is 4. The molecule has 0 aliphatic carbocycles. The monoisotopic (exact) mass is 402 g/mol. The van der Waals surface area contributed by atoms with E-state index in [9.17, 15) is 14.4 Å². The van der Waals surface area contributed by atoms with E-state index in [4.69, 9.17) is 4.74 Å². The number of aromatic nitrogens is 1. The molecule has 1 N–H and O–H groups in total. The van der Waals surface area contributed by atoms with Gasteiger partial charge >= 0.3 is 0 Å². The summed E-state index contributed by atoms with van der Waals surface area (Å²) in [6.07, 6.45) is 1.50. The quantitative estimate of drug-likeness (QED) is 0.758. The zero-order chi connectivity index (χ0) is 20.4. The molecule has 0 unspecified atom stereocenters. The highest BCUT2D eigenvalue weighted by molar-refractivity contribution is 5.77. The third kappa shape index (κ3) is 4.38. The molecule has 3 aliphatic rings. The van der Waals surface area contributed by atoms with Crippen LogP contribution in [0.3, 0.4) is 0 Å². The van der Waals surface area contributed by atoms with Gasteiger partial charge in [-0.3, -0.25) is 19.3 Å². The van der Waals surface area contributed by atoms with Gasteiger partial charge in [-0.1, -0.05) is 6.07 Å². The largest absolute Gasteiger partial charge is 0.372 e. The number of carbonyl (C=O) groups is 2. The first-order valence-electron chi connectivity index (χ1n) is 10.6. The minimum atomic E-state index is 0.0401. The highest BCUT2D eigenvalue weighted by Gasteiger charge is 2.36. The average Bonchev–Trinajstić information content (AvgIpc) is 2.92. The number of carbonyl (C=O) groups excluding carboxylic acids is 2. The molecule has 29 heavy (non-hydrogen) atoms. The Kier molecular flexibility index (Phi) is 6.01. The Morgan fingerprint density at radius 1 is 1.21 bits per heavy atom. The van der Waals surface area contributed by atoms with Crippen LogP contribution in [0.4, 0.5) is 0 Å². The van der Waals surface area contributed by atoms with Crippen molar-refractivity contribution in [2.45, 2.75) is 38.8 Å². The van der Waals surface area contributed by atoms with E-state index in [2.05, 4.69) is 16.3 Å². The normalized spacial score (nSPS) is 24.6. The second kappa shape index (κ2) is 8.67. The lowest BCUT2D eigenvalue weighted by molar-refractivity contribution is -0.138. The van der Waals surface area contributed by atoms with E-state index in [-0.39, 0.29) is 29.9 Å². The van der Waals surface area contributed by atoms with Gasteiger partial charge in [-0.15, -0.1) is 0 Å². The maximum absolute atomic E-state index is 13.2. The molecule has 2 amide bonds. The topological polar surface area (TPSA) is 83.9 Å². The van der Waals surface area contributed by atoms with Gasteiger partial charge in [0.05, 0.1) is 0 Å². The summed E-state index contributed by atoms with van der Waals surface area (Å²) in [5.74, 6) is 0.624. The molecule has 0 aromatic carbocycles. The first-order chi connectivity index (χ1) is 14.0. The lowest BCUT2D eigenvalue weighted by atomic mass is 9.83. The Bertz CT molecular complexity index is 836. The molecule has 0 spiro atoms. The zero-order valence-electron chi connectivity index (χ0n) is 17.1. The first-order valence-corrected chi connectivity index (χ1v) is 10.6. The number of nitrogens with one attached hydrogen (secondary N) is 1. The predicted molar refractivity (Wildman–Crippen MR) is 108 cm³/mol. The van der Waals surface area contributed by atoms with Gasteiger partial charge in [0.1, 0.15) is 6.61 Å². The lowest BCUT2D eigenvalue weighted by Gasteiger charge is -2.43. The molecular formula is C21H30N4O4. The lowest BCUT2D eigenvalue weighted by Crippen LogP contribution is -2.50. The second-order valence-electron chi connectivity index (χ2n) is 8.31. The smallest absolute Gasteiger partial charge is 0.255 e. The summed E-state index contributed by atoms with van der Waals surface area (Å²) >= 11 is 0. The molecule has 8 heteroatoms. The Labute approximate surface area is 170 Å². The van der Waals surface area contributed by atoms with Crippen molar-refractivity contribution < 1.29 is 14.3 Å². The first kappa shape index (κ1) is 20.1. The van der Waals surface area contributed by atoms with Gasteiger partial charge in [0.25, 0.3) is 5.56 Å². The third-order valence-electron chi connectivity index (χ3n) is 6.26. The number of likely N-dealkylation sites (tertiary alicyclic amines) is 1. The maximum atomic E-state index is 13.2. The van der Waals surface area contributed by atoms with Gasteiger partial charge in [0.2, 0.25) is 11.8 Å². The molecule has 4 rings (SSSR count). The molecule has 3 aliphatic heterocycles. The van der Waals surface area contributed by atoms with Crippen LogP contribution in [-0.4, -0.2) is 72.1 Å². The van der Waals surface area contributed by atoms with Crippen LogP contribution in [0.15, 0.2) is 16.9 Å². The van der Waals surface area contributed by atoms with Gasteiger partial charge in [0, 0.05) is 76.0 Å². The van der Waals surface area contributed by atoms with Crippen LogP contribution >= 0.6 is 0 Å². The summed E-state index contributed by atoms with van der Waals surface area (Å²) in [6, 6.07) is 4.00. The Hall–Kier alpha value is -2.19. The molecule has 2 fully saturated rings. The minimum Gasteiger partial charge on any atom is -0.372 e. The van der Waals surface area contributed by atoms with Crippen LogP contribution < -0.4 is 10.9 Å². The van der Waals surface area contributed by atoms with E-state index in [1.165, 1.54) is 0 Å². The van der Waals surface area contributed by atoms with E-state index in [1.807, 2.05) is 22.5 Å². The van der Waals surface area contributed by atoms with Gasteiger partial charge in [0.15, 0.2) is 0 Å². The summed E-state index contributed by atoms with van der Waals surface area (Å²) in [5, 5.41) is 2.87. The zero-order valence-corrected chi connectivity index (χ0v) is 17.1. The van der Waals surface area contributed by atoms with E-state index in [1.54, 1.807) is 0 Å². The molecule has 1 aromatic rings. The molecule has 2 atom stereocenters. The average molecular weight is 402 g/mol. The highest BCUT2D eigenvalue weighted by Crippen LogP contribution is 2.35. The van der Waals surface area contributed by atoms with Crippen LogP contribution in [-0.2, 0) is 27.4 Å². The summed E-state index contributed by atoms with van der Waals surface area (Å²) in [6.45, 7) is 7.20. The second-order valence-corrected chi connectivity index (χ2v) is 8.31. The van der Waals surface area contributed by atoms with E-state index in [0.29, 0.717) is 58.2 Å². The van der Waals surface area contributed by atoms with Crippen molar-refractivity contribution in [3.8, 4) is 0 Å². The minimum absolute atomic E-state index is 0.0401. The standard InChI is InChI=1S/C21H30N4O4/c1-2-29-14-20(27)24-10-15-9-17(13-24)18-4-3-16(21(28)25(18)11-15)12-23-7-5-19(26)22-6-8-23/h3-4,15,17H,2,5-14H2,1H3,(H,22,26)/t15-,17+/m0/s1. The van der Waals surface area contributed by atoms with E-state index >= 15 is 0 Å². The number of hydrogen-bond donors (Lipinski definition) is 1. The summed E-state index contributed by atoms with van der Waals surface area (Å²) < 4.78 is 7.22. The van der Waals surface area contributed by atoms with E-state index < -0.39 is 0 Å². The van der Waals surface area contributed by atoms with Crippen molar-refractivity contribution in [3.63, 3.8) is 0 Å². The van der Waals surface area contributed by atoms with Crippen LogP contribution in [0, 0.1) is 5.92 Å². The number of hydrogen-bond acceptors (Lipinski definition) is 5. The summed E-state index contributed by atoms with van der Waals surface area (Å²) in [7, 11) is 0. The Morgan fingerprint density at radius 2 is 2.07 bits per heavy atom. The highest BCUT2D eigenvalue weighted by atomic mass is 16.5. The van der Waals surface area contributed by atoms with Crippen LogP contribution in [0.2, 0.25) is 0 Å². The number of ether oxygens (including phenoxy) is 1. The number of pyridine rings is 1. The number of nitrogens with zero attached hydrogens (tertiary/aromatic N) is 3. The number of piperidine rings is 1. The van der Waals surface area contributed by atoms with Crippen molar-refractivity contribution in [1.29, 1.82) is 0 Å². The van der Waals surface area contributed by atoms with Crippen molar-refractivity contribution in [2.75, 3.05) is 45.9 Å². The summed E-state index contributed by atoms with van der Waals surface area (Å²) in [5.41, 5.74) is 1.90. The molecule has 1 aromatic heterocycles. The number of rotatable bonds is 5. The van der Waals surface area contributed by atoms with Crippen molar-refractivity contribution in [2.24, 2.45) is 5.92 Å². The fraction of sp³-hybridized carbons (Fsp3) is 0.667. The van der Waals surface area contributed by atoms with E-state index in [0.717, 1.165) is 24.2 Å².